The van der Waals surface area contributed by atoms with Crippen LogP contribution in [-0.4, -0.2) is 69.9 Å². The number of unbranched alkanes of at least 4 members (excludes halogenated alkanes) is 6. The smallest absolute Gasteiger partial charge is 0.151 e. The SMILES string of the molecule is CCCCN(CCCC)c1ccc(C#Cc2ccc(N(c3ccc(C#Cc4ccc(N(CCCC)CCCC)nn4)cc3)c3ccc(C#Cc4ccc(N(CCCC)CCCC)nn4)cc3)cc2)nn1. The molecule has 3 heterocycles. The Bertz CT molecular complexity index is 2310. The largest absolute Gasteiger partial charge is 0.355 e. The van der Waals surface area contributed by atoms with E-state index in [2.05, 4.69) is 164 Å². The van der Waals surface area contributed by atoms with E-state index in [0.29, 0.717) is 17.1 Å². The zero-order valence-corrected chi connectivity index (χ0v) is 42.6. The number of hydrogen-bond acceptors (Lipinski definition) is 10. The maximum absolute atomic E-state index is 4.55. The van der Waals surface area contributed by atoms with Crippen molar-refractivity contribution in [2.45, 2.75) is 119 Å². The third kappa shape index (κ3) is 16.2. The van der Waals surface area contributed by atoms with Crippen LogP contribution < -0.4 is 19.6 Å². The Morgan fingerprint density at radius 3 is 0.729 bits per heavy atom. The molecule has 0 N–H and O–H groups in total. The van der Waals surface area contributed by atoms with Crippen molar-refractivity contribution in [1.82, 2.24) is 30.6 Å². The standard InChI is InChI=1S/C60H72N10/c1-7-13-43-67(44-14-8-2)58-40-31-52(61-64-58)28-19-49-22-34-55(35-23-49)70(56-36-24-50(25-37-56)20-29-53-32-41-59(65-62-53)68(45-15-9-3)46-16-10-4)57-38-26-51(27-39-57)21-30-54-33-42-60(66-63-54)69(47-17-11-5)48-18-12-6/h22-27,31-42H,7-18,43-48H2,1-6H3. The molecule has 362 valence electrons. The van der Waals surface area contributed by atoms with Crippen molar-refractivity contribution < 1.29 is 0 Å². The van der Waals surface area contributed by atoms with Crippen molar-refractivity contribution in [3.8, 4) is 35.5 Å². The molecule has 70 heavy (non-hydrogen) atoms. The third-order valence-corrected chi connectivity index (χ3v) is 12.0. The summed E-state index contributed by atoms with van der Waals surface area (Å²) in [4.78, 5) is 9.22. The molecule has 0 atom stereocenters. The average molecular weight is 933 g/mol. The van der Waals surface area contributed by atoms with E-state index in [9.17, 15) is 0 Å². The summed E-state index contributed by atoms with van der Waals surface area (Å²) in [7, 11) is 0. The second kappa shape index (κ2) is 29.0. The quantitative estimate of drug-likeness (QED) is 0.0547. The predicted molar refractivity (Wildman–Crippen MR) is 291 cm³/mol. The van der Waals surface area contributed by atoms with Crippen molar-refractivity contribution in [2.75, 3.05) is 58.9 Å². The minimum atomic E-state index is 0.646. The summed E-state index contributed by atoms with van der Waals surface area (Å²) >= 11 is 0. The lowest BCUT2D eigenvalue weighted by molar-refractivity contribution is 0.666. The minimum Gasteiger partial charge on any atom is -0.355 e. The lowest BCUT2D eigenvalue weighted by Crippen LogP contribution is -2.26. The van der Waals surface area contributed by atoms with Crippen LogP contribution in [0.1, 0.15) is 152 Å². The van der Waals surface area contributed by atoms with Gasteiger partial charge in [0.15, 0.2) is 17.5 Å². The molecule has 0 aliphatic rings. The normalized spacial score (nSPS) is 10.5. The highest BCUT2D eigenvalue weighted by molar-refractivity contribution is 5.77. The molecule has 0 radical (unpaired) electrons. The summed E-state index contributed by atoms with van der Waals surface area (Å²) in [6.45, 7) is 19.2. The number of benzene rings is 3. The molecule has 10 heteroatoms. The van der Waals surface area contributed by atoms with Gasteiger partial charge >= 0.3 is 0 Å². The fourth-order valence-corrected chi connectivity index (χ4v) is 7.74. The van der Waals surface area contributed by atoms with Gasteiger partial charge < -0.3 is 19.6 Å². The zero-order chi connectivity index (χ0) is 49.2. The Hall–Kier alpha value is -7.22. The number of nitrogens with zero attached hydrogens (tertiary/aromatic N) is 10. The van der Waals surface area contributed by atoms with Gasteiger partial charge in [0.2, 0.25) is 0 Å². The van der Waals surface area contributed by atoms with E-state index < -0.39 is 0 Å². The highest BCUT2D eigenvalue weighted by Gasteiger charge is 2.14. The fourth-order valence-electron chi connectivity index (χ4n) is 7.74. The summed E-state index contributed by atoms with van der Waals surface area (Å²) in [5.74, 6) is 22.3. The predicted octanol–water partition coefficient (Wildman–Crippen LogP) is 12.9. The van der Waals surface area contributed by atoms with E-state index in [1.165, 1.54) is 0 Å². The number of hydrogen-bond donors (Lipinski definition) is 0. The van der Waals surface area contributed by atoms with Gasteiger partial charge in [-0.05, 0) is 165 Å². The summed E-state index contributed by atoms with van der Waals surface area (Å²) in [6.07, 6.45) is 13.7. The second-order valence-corrected chi connectivity index (χ2v) is 17.6. The molecule has 0 spiro atoms. The Balaban J connectivity index is 1.22. The third-order valence-electron chi connectivity index (χ3n) is 12.0. The molecule has 6 aromatic rings. The van der Waals surface area contributed by atoms with Gasteiger partial charge in [-0.2, -0.15) is 0 Å². The Morgan fingerprint density at radius 1 is 0.286 bits per heavy atom. The minimum absolute atomic E-state index is 0.646. The number of aromatic nitrogens is 6. The topological polar surface area (TPSA) is 90.3 Å². The van der Waals surface area contributed by atoms with E-state index >= 15 is 0 Å². The van der Waals surface area contributed by atoms with Crippen LogP contribution >= 0.6 is 0 Å². The molecule has 0 amide bonds. The Kier molecular flexibility index (Phi) is 21.6. The molecule has 0 fully saturated rings. The fraction of sp³-hybridized carbons (Fsp3) is 0.400. The van der Waals surface area contributed by atoms with Gasteiger partial charge in [-0.15, -0.1) is 30.6 Å². The maximum Gasteiger partial charge on any atom is 0.151 e. The maximum atomic E-state index is 4.55. The second-order valence-electron chi connectivity index (χ2n) is 17.6. The van der Waals surface area contributed by atoms with Crippen LogP contribution in [-0.2, 0) is 0 Å². The highest BCUT2D eigenvalue weighted by atomic mass is 15.3. The molecule has 3 aromatic carbocycles. The van der Waals surface area contributed by atoms with Gasteiger partial charge in [-0.25, -0.2) is 0 Å². The van der Waals surface area contributed by atoms with Crippen LogP contribution in [0, 0.1) is 35.5 Å². The van der Waals surface area contributed by atoms with Gasteiger partial charge in [0.05, 0.1) is 0 Å². The summed E-state index contributed by atoms with van der Waals surface area (Å²) in [6, 6.07) is 36.9. The summed E-state index contributed by atoms with van der Waals surface area (Å²) < 4.78 is 0. The molecular formula is C60H72N10. The van der Waals surface area contributed by atoms with E-state index in [-0.39, 0.29) is 0 Å². The van der Waals surface area contributed by atoms with E-state index in [1.54, 1.807) is 0 Å². The van der Waals surface area contributed by atoms with E-state index in [0.717, 1.165) is 168 Å². The molecule has 0 unspecified atom stereocenters. The van der Waals surface area contributed by atoms with Crippen molar-refractivity contribution in [3.05, 3.63) is 143 Å². The average Bonchev–Trinajstić information content (AvgIpc) is 3.41. The van der Waals surface area contributed by atoms with Crippen molar-refractivity contribution in [1.29, 1.82) is 0 Å². The monoisotopic (exact) mass is 933 g/mol. The molecule has 0 aliphatic carbocycles. The van der Waals surface area contributed by atoms with Crippen LogP contribution in [0.4, 0.5) is 34.5 Å². The van der Waals surface area contributed by atoms with E-state index in [1.807, 2.05) is 72.8 Å². The first-order chi connectivity index (χ1) is 34.4. The van der Waals surface area contributed by atoms with Crippen molar-refractivity contribution in [3.63, 3.8) is 0 Å². The molecule has 0 bridgehead atoms. The molecule has 3 aromatic heterocycles. The molecule has 0 saturated carbocycles. The Labute approximate surface area is 419 Å². The number of anilines is 6. The first-order valence-electron chi connectivity index (χ1n) is 25.9. The van der Waals surface area contributed by atoms with E-state index in [4.69, 9.17) is 0 Å². The molecular weight excluding hydrogens is 861 g/mol. The lowest BCUT2D eigenvalue weighted by atomic mass is 10.1. The van der Waals surface area contributed by atoms with Gasteiger partial charge in [-0.1, -0.05) is 97.8 Å². The van der Waals surface area contributed by atoms with Gasteiger partial charge in [0.25, 0.3) is 0 Å². The van der Waals surface area contributed by atoms with Crippen molar-refractivity contribution >= 4 is 34.5 Å². The van der Waals surface area contributed by atoms with Gasteiger partial charge in [0.1, 0.15) is 17.1 Å². The molecule has 6 rings (SSSR count). The summed E-state index contributed by atoms with van der Waals surface area (Å²) in [5, 5.41) is 27.1. The van der Waals surface area contributed by atoms with Crippen LogP contribution in [0.25, 0.3) is 0 Å². The van der Waals surface area contributed by atoms with Crippen LogP contribution in [0.2, 0.25) is 0 Å². The number of rotatable bonds is 24. The summed E-state index contributed by atoms with van der Waals surface area (Å²) in [5.41, 5.74) is 7.54. The zero-order valence-electron chi connectivity index (χ0n) is 42.6. The molecule has 0 aliphatic heterocycles. The lowest BCUT2D eigenvalue weighted by Gasteiger charge is -2.25. The Morgan fingerprint density at radius 2 is 0.529 bits per heavy atom. The first kappa shape index (κ1) is 52.2. The first-order valence-corrected chi connectivity index (χ1v) is 25.9. The molecule has 0 saturated heterocycles. The van der Waals surface area contributed by atoms with Crippen LogP contribution in [0.15, 0.2) is 109 Å². The van der Waals surface area contributed by atoms with Crippen LogP contribution in [0.3, 0.4) is 0 Å². The van der Waals surface area contributed by atoms with Gasteiger partial charge in [0, 0.05) is 73.0 Å². The highest BCUT2D eigenvalue weighted by Crippen LogP contribution is 2.35. The van der Waals surface area contributed by atoms with Crippen LogP contribution in [0.5, 0.6) is 0 Å². The van der Waals surface area contributed by atoms with Crippen molar-refractivity contribution in [2.24, 2.45) is 0 Å². The van der Waals surface area contributed by atoms with Gasteiger partial charge in [-0.3, -0.25) is 0 Å². The molecule has 10 nitrogen and oxygen atoms in total.